The molecule has 0 radical (unpaired) electrons. The Bertz CT molecular complexity index is 860. The number of nitrogens with zero attached hydrogens (tertiary/aromatic N) is 2. The monoisotopic (exact) mass is 344 g/mol. The molecule has 1 aromatic heterocycles. The Morgan fingerprint density at radius 2 is 1.92 bits per heavy atom. The lowest BCUT2D eigenvalue weighted by atomic mass is 10.1. The van der Waals surface area contributed by atoms with Gasteiger partial charge in [0.25, 0.3) is 0 Å². The van der Waals surface area contributed by atoms with Crippen molar-refractivity contribution < 1.29 is 14.3 Å². The molecule has 0 unspecified atom stereocenters. The number of aromatic nitrogens is 1. The fourth-order valence-electron chi connectivity index (χ4n) is 2.31. The van der Waals surface area contributed by atoms with Crippen molar-refractivity contribution in [3.05, 3.63) is 51.8 Å². The third-order valence-corrected chi connectivity index (χ3v) is 4.14. The molecule has 0 spiro atoms. The van der Waals surface area contributed by atoms with Crippen LogP contribution in [-0.4, -0.2) is 24.6 Å². The molecular formula is C18H17ClN2O3. The highest BCUT2D eigenvalue weighted by Gasteiger charge is 2.15. The van der Waals surface area contributed by atoms with Gasteiger partial charge in [0.1, 0.15) is 23.3 Å². The van der Waals surface area contributed by atoms with Gasteiger partial charge in [0.2, 0.25) is 0 Å². The number of hydrogen-bond acceptors (Lipinski definition) is 4. The first-order valence-electron chi connectivity index (χ1n) is 7.13. The maximum Gasteiger partial charge on any atom is 0.189 e. The lowest BCUT2D eigenvalue weighted by Crippen LogP contribution is -2.00. The molecule has 1 heterocycles. The Balaban J connectivity index is 2.37. The van der Waals surface area contributed by atoms with Gasteiger partial charge in [-0.3, -0.25) is 4.79 Å². The number of hydrogen-bond donors (Lipinski definition) is 0. The van der Waals surface area contributed by atoms with Crippen LogP contribution in [0, 0.1) is 18.3 Å². The topological polar surface area (TPSA) is 64.2 Å². The van der Waals surface area contributed by atoms with Crippen molar-refractivity contribution in [3.8, 4) is 17.6 Å². The molecule has 0 N–H and O–H groups in total. The molecule has 0 fully saturated rings. The summed E-state index contributed by atoms with van der Waals surface area (Å²) in [7, 11) is 4.77. The van der Waals surface area contributed by atoms with Crippen LogP contribution in [0.5, 0.6) is 11.5 Å². The van der Waals surface area contributed by atoms with E-state index in [4.69, 9.17) is 26.3 Å². The van der Waals surface area contributed by atoms with Crippen molar-refractivity contribution in [2.24, 2.45) is 7.05 Å². The molecule has 2 rings (SSSR count). The first-order valence-corrected chi connectivity index (χ1v) is 7.51. The predicted molar refractivity (Wildman–Crippen MR) is 92.8 cm³/mol. The van der Waals surface area contributed by atoms with E-state index in [9.17, 15) is 4.79 Å². The number of rotatable bonds is 5. The predicted octanol–water partition coefficient (Wildman–Crippen LogP) is 3.77. The van der Waals surface area contributed by atoms with Crippen molar-refractivity contribution in [2.45, 2.75) is 6.92 Å². The highest BCUT2D eigenvalue weighted by atomic mass is 35.5. The summed E-state index contributed by atoms with van der Waals surface area (Å²) in [6, 6.07) is 6.93. The summed E-state index contributed by atoms with van der Waals surface area (Å²) >= 11 is 6.09. The minimum atomic E-state index is -0.252. The molecule has 0 bridgehead atoms. The average Bonchev–Trinajstić information content (AvgIpc) is 2.87. The van der Waals surface area contributed by atoms with E-state index in [1.54, 1.807) is 29.8 Å². The lowest BCUT2D eigenvalue weighted by Gasteiger charge is -2.10. The Hall–Kier alpha value is -2.71. The van der Waals surface area contributed by atoms with Gasteiger partial charge in [0.15, 0.2) is 5.78 Å². The van der Waals surface area contributed by atoms with Gasteiger partial charge < -0.3 is 14.0 Å². The Kier molecular flexibility index (Phi) is 5.32. The molecule has 2 aromatic rings. The number of allylic oxidation sites excluding steroid dienone is 1. The van der Waals surface area contributed by atoms with Gasteiger partial charge in [0, 0.05) is 18.8 Å². The second-order valence-corrected chi connectivity index (χ2v) is 5.53. The van der Waals surface area contributed by atoms with E-state index in [1.807, 2.05) is 6.92 Å². The van der Waals surface area contributed by atoms with Crippen molar-refractivity contribution in [1.29, 1.82) is 5.26 Å². The summed E-state index contributed by atoms with van der Waals surface area (Å²) in [5.41, 5.74) is 2.58. The number of benzene rings is 1. The summed E-state index contributed by atoms with van der Waals surface area (Å²) in [5, 5.41) is 9.39. The second kappa shape index (κ2) is 7.24. The molecule has 0 saturated carbocycles. The van der Waals surface area contributed by atoms with Crippen LogP contribution in [0.2, 0.25) is 5.02 Å². The molecule has 24 heavy (non-hydrogen) atoms. The Labute approximate surface area is 145 Å². The first-order chi connectivity index (χ1) is 11.4. The molecule has 0 aliphatic heterocycles. The zero-order chi connectivity index (χ0) is 17.9. The fourth-order valence-corrected chi connectivity index (χ4v) is 2.55. The SMILES string of the molecule is COc1cc(OC)c(C(=O)/C=C/c2cc(C#N)n(C)c2C)cc1Cl. The van der Waals surface area contributed by atoms with Crippen molar-refractivity contribution in [1.82, 2.24) is 4.57 Å². The van der Waals surface area contributed by atoms with E-state index in [0.717, 1.165) is 11.3 Å². The number of ether oxygens (including phenoxy) is 2. The number of carbonyl (C=O) groups is 1. The standard InChI is InChI=1S/C18H17ClN2O3/c1-11-12(7-13(10-20)21(11)2)5-6-16(22)14-8-15(19)18(24-4)9-17(14)23-3/h5-9H,1-4H3/b6-5+. The van der Waals surface area contributed by atoms with E-state index < -0.39 is 0 Å². The molecule has 0 saturated heterocycles. The highest BCUT2D eigenvalue weighted by Crippen LogP contribution is 2.33. The zero-order valence-corrected chi connectivity index (χ0v) is 14.6. The van der Waals surface area contributed by atoms with Crippen LogP contribution in [0.15, 0.2) is 24.3 Å². The number of nitriles is 1. The molecule has 0 amide bonds. The number of halogens is 1. The summed E-state index contributed by atoms with van der Waals surface area (Å²) in [4.78, 5) is 12.5. The van der Waals surface area contributed by atoms with Crippen LogP contribution in [0.3, 0.4) is 0 Å². The molecule has 6 heteroatoms. The molecular weight excluding hydrogens is 328 g/mol. The lowest BCUT2D eigenvalue weighted by molar-refractivity contribution is 0.104. The van der Waals surface area contributed by atoms with E-state index in [-0.39, 0.29) is 5.78 Å². The van der Waals surface area contributed by atoms with Crippen LogP contribution < -0.4 is 9.47 Å². The van der Waals surface area contributed by atoms with E-state index in [0.29, 0.717) is 27.8 Å². The summed E-state index contributed by atoms with van der Waals surface area (Å²) in [6.07, 6.45) is 3.11. The molecule has 0 aliphatic rings. The van der Waals surface area contributed by atoms with E-state index in [1.165, 1.54) is 26.4 Å². The van der Waals surface area contributed by atoms with Crippen LogP contribution in [0.1, 0.15) is 27.3 Å². The average molecular weight is 345 g/mol. The van der Waals surface area contributed by atoms with Gasteiger partial charge in [-0.15, -0.1) is 0 Å². The van der Waals surface area contributed by atoms with Gasteiger partial charge >= 0.3 is 0 Å². The van der Waals surface area contributed by atoms with Crippen LogP contribution in [0.4, 0.5) is 0 Å². The van der Waals surface area contributed by atoms with Gasteiger partial charge in [-0.2, -0.15) is 5.26 Å². The van der Waals surface area contributed by atoms with Crippen LogP contribution in [0.25, 0.3) is 6.08 Å². The molecule has 5 nitrogen and oxygen atoms in total. The second-order valence-electron chi connectivity index (χ2n) is 5.13. The van der Waals surface area contributed by atoms with Crippen molar-refractivity contribution in [2.75, 3.05) is 14.2 Å². The maximum atomic E-state index is 12.5. The quantitative estimate of drug-likeness (QED) is 0.611. The molecule has 0 aliphatic carbocycles. The highest BCUT2D eigenvalue weighted by molar-refractivity contribution is 6.32. The largest absolute Gasteiger partial charge is 0.496 e. The Morgan fingerprint density at radius 1 is 1.25 bits per heavy atom. The van der Waals surface area contributed by atoms with Crippen LogP contribution >= 0.6 is 11.6 Å². The summed E-state index contributed by atoms with van der Waals surface area (Å²) in [5.74, 6) is 0.568. The maximum absolute atomic E-state index is 12.5. The van der Waals surface area contributed by atoms with Crippen LogP contribution in [-0.2, 0) is 7.05 Å². The van der Waals surface area contributed by atoms with Gasteiger partial charge in [-0.25, -0.2) is 0 Å². The number of methoxy groups -OCH3 is 2. The van der Waals surface area contributed by atoms with E-state index in [2.05, 4.69) is 6.07 Å². The normalized spacial score (nSPS) is 10.7. The molecule has 124 valence electrons. The fraction of sp³-hybridized carbons (Fsp3) is 0.222. The summed E-state index contributed by atoms with van der Waals surface area (Å²) in [6.45, 7) is 1.88. The summed E-state index contributed by atoms with van der Waals surface area (Å²) < 4.78 is 12.1. The van der Waals surface area contributed by atoms with Crippen molar-refractivity contribution >= 4 is 23.5 Å². The molecule has 1 aromatic carbocycles. The minimum absolute atomic E-state index is 0.252. The van der Waals surface area contributed by atoms with Gasteiger partial charge in [-0.05, 0) is 36.8 Å². The first kappa shape index (κ1) is 17.6. The van der Waals surface area contributed by atoms with Crippen molar-refractivity contribution in [3.63, 3.8) is 0 Å². The number of carbonyl (C=O) groups excluding carboxylic acids is 1. The zero-order valence-electron chi connectivity index (χ0n) is 13.9. The van der Waals surface area contributed by atoms with Gasteiger partial charge in [0.05, 0.1) is 24.8 Å². The third kappa shape index (κ3) is 3.29. The van der Waals surface area contributed by atoms with E-state index >= 15 is 0 Å². The third-order valence-electron chi connectivity index (χ3n) is 3.84. The Morgan fingerprint density at radius 3 is 2.46 bits per heavy atom. The van der Waals surface area contributed by atoms with Gasteiger partial charge in [-0.1, -0.05) is 11.6 Å². The minimum Gasteiger partial charge on any atom is -0.496 e. The molecule has 0 atom stereocenters. The smallest absolute Gasteiger partial charge is 0.189 e. The number of ketones is 1.